The van der Waals surface area contributed by atoms with E-state index >= 15 is 0 Å². The maximum atomic E-state index is 9.21. The van der Waals surface area contributed by atoms with Crippen LogP contribution in [-0.2, 0) is 4.43 Å². The Morgan fingerprint density at radius 3 is 2.63 bits per heavy atom. The zero-order valence-electron chi connectivity index (χ0n) is 20.2. The molecule has 0 fully saturated rings. The molecule has 1 aromatic carbocycles. The average molecular weight is 432 g/mol. The second-order valence-corrected chi connectivity index (χ2v) is 15.0. The van der Waals surface area contributed by atoms with Crippen molar-refractivity contribution in [1.29, 1.82) is 0 Å². The Kier molecular flexibility index (Phi) is 8.49. The van der Waals surface area contributed by atoms with Gasteiger partial charge in [0.1, 0.15) is 5.52 Å². The van der Waals surface area contributed by atoms with E-state index in [9.17, 15) is 5.11 Å². The smallest absolute Gasteiger partial charge is 0.192 e. The standard InChI is InChI=1S/C25H41NO3Si/c1-18(10-9-11-19(2)17-27)12-14-23(29-30(7,8)25(4,5)6)21-13-15-24-22(16-21)26-20(3)28-24/h12-13,15-16,19,23,27H,9-11,14,17H2,1-8H3/t19-,23-/m0/s1. The van der Waals surface area contributed by atoms with Gasteiger partial charge < -0.3 is 13.9 Å². The molecule has 1 N–H and O–H groups in total. The van der Waals surface area contributed by atoms with Crippen LogP contribution in [0.5, 0.6) is 0 Å². The first kappa shape index (κ1) is 24.8. The summed E-state index contributed by atoms with van der Waals surface area (Å²) >= 11 is 0. The number of rotatable bonds is 10. The van der Waals surface area contributed by atoms with Gasteiger partial charge in [-0.25, -0.2) is 4.98 Å². The average Bonchev–Trinajstić information content (AvgIpc) is 3.03. The van der Waals surface area contributed by atoms with E-state index in [4.69, 9.17) is 8.84 Å². The summed E-state index contributed by atoms with van der Waals surface area (Å²) in [6.45, 7) is 17.9. The number of benzene rings is 1. The summed E-state index contributed by atoms with van der Waals surface area (Å²) in [7, 11) is -1.93. The molecule has 5 heteroatoms. The predicted octanol–water partition coefficient (Wildman–Crippen LogP) is 7.33. The molecule has 0 aliphatic heterocycles. The SMILES string of the molecule is CC(=CC[C@H](O[Si](C)(C)C(C)(C)C)c1ccc2oc(C)nc2c1)CCC[C@H](C)CO. The monoisotopic (exact) mass is 431 g/mol. The van der Waals surface area contributed by atoms with Gasteiger partial charge in [0.2, 0.25) is 0 Å². The van der Waals surface area contributed by atoms with Gasteiger partial charge in [0.25, 0.3) is 0 Å². The van der Waals surface area contributed by atoms with Gasteiger partial charge in [0.15, 0.2) is 19.8 Å². The van der Waals surface area contributed by atoms with Crippen molar-refractivity contribution in [2.75, 3.05) is 6.61 Å². The lowest BCUT2D eigenvalue weighted by Gasteiger charge is -2.39. The van der Waals surface area contributed by atoms with Crippen LogP contribution in [0, 0.1) is 12.8 Å². The van der Waals surface area contributed by atoms with Crippen molar-refractivity contribution < 1.29 is 13.9 Å². The van der Waals surface area contributed by atoms with Crippen LogP contribution in [0.4, 0.5) is 0 Å². The number of fused-ring (bicyclic) bond motifs is 1. The molecule has 0 aliphatic rings. The Morgan fingerprint density at radius 2 is 2.00 bits per heavy atom. The van der Waals surface area contributed by atoms with Crippen LogP contribution in [0.25, 0.3) is 11.1 Å². The van der Waals surface area contributed by atoms with Gasteiger partial charge in [-0.05, 0) is 74.4 Å². The number of hydrogen-bond donors (Lipinski definition) is 1. The van der Waals surface area contributed by atoms with Crippen molar-refractivity contribution in [1.82, 2.24) is 4.98 Å². The van der Waals surface area contributed by atoms with E-state index in [0.717, 1.165) is 36.8 Å². The van der Waals surface area contributed by atoms with Crippen LogP contribution >= 0.6 is 0 Å². The van der Waals surface area contributed by atoms with E-state index < -0.39 is 8.32 Å². The van der Waals surface area contributed by atoms with Crippen LogP contribution in [-0.4, -0.2) is 25.0 Å². The van der Waals surface area contributed by atoms with Gasteiger partial charge >= 0.3 is 0 Å². The molecule has 0 radical (unpaired) electrons. The van der Waals surface area contributed by atoms with Crippen LogP contribution in [0.15, 0.2) is 34.3 Å². The summed E-state index contributed by atoms with van der Waals surface area (Å²) < 4.78 is 12.5. The number of allylic oxidation sites excluding steroid dienone is 1. The van der Waals surface area contributed by atoms with Crippen molar-refractivity contribution in [3.63, 3.8) is 0 Å². The summed E-state index contributed by atoms with van der Waals surface area (Å²) in [5, 5.41) is 9.37. The molecule has 30 heavy (non-hydrogen) atoms. The molecule has 0 amide bonds. The number of hydrogen-bond acceptors (Lipinski definition) is 4. The normalized spacial score (nSPS) is 15.6. The number of nitrogens with zero attached hydrogens (tertiary/aromatic N) is 1. The van der Waals surface area contributed by atoms with Crippen LogP contribution in [0.1, 0.15) is 77.9 Å². The zero-order chi connectivity index (χ0) is 22.5. The molecule has 0 aliphatic carbocycles. The second-order valence-electron chi connectivity index (χ2n) is 10.3. The molecule has 0 spiro atoms. The van der Waals surface area contributed by atoms with Crippen LogP contribution < -0.4 is 0 Å². The molecule has 0 saturated heterocycles. The molecule has 0 bridgehead atoms. The lowest BCUT2D eigenvalue weighted by atomic mass is 10.0. The van der Waals surface area contributed by atoms with E-state index in [1.807, 2.05) is 13.0 Å². The maximum absolute atomic E-state index is 9.21. The molecule has 2 rings (SSSR count). The first-order valence-electron chi connectivity index (χ1n) is 11.2. The molecular formula is C25H41NO3Si. The second kappa shape index (κ2) is 10.3. The van der Waals surface area contributed by atoms with Crippen LogP contribution in [0.3, 0.4) is 0 Å². The quantitative estimate of drug-likeness (QED) is 0.316. The molecule has 168 valence electrons. The number of aryl methyl sites for hydroxylation is 1. The highest BCUT2D eigenvalue weighted by Crippen LogP contribution is 2.41. The highest BCUT2D eigenvalue weighted by Gasteiger charge is 2.39. The maximum Gasteiger partial charge on any atom is 0.192 e. The first-order chi connectivity index (χ1) is 13.9. The van der Waals surface area contributed by atoms with E-state index in [1.165, 1.54) is 11.1 Å². The zero-order valence-corrected chi connectivity index (χ0v) is 21.2. The Bertz CT molecular complexity index is 848. The molecule has 0 saturated carbocycles. The fraction of sp³-hybridized carbons (Fsp3) is 0.640. The molecule has 2 atom stereocenters. The van der Waals surface area contributed by atoms with Gasteiger partial charge in [-0.3, -0.25) is 0 Å². The van der Waals surface area contributed by atoms with Crippen molar-refractivity contribution in [3.8, 4) is 0 Å². The highest BCUT2D eigenvalue weighted by atomic mass is 28.4. The number of oxazole rings is 1. The first-order valence-corrected chi connectivity index (χ1v) is 14.1. The summed E-state index contributed by atoms with van der Waals surface area (Å²) in [5.74, 6) is 1.07. The fourth-order valence-corrected chi connectivity index (χ4v) is 4.57. The third kappa shape index (κ3) is 6.79. The molecule has 1 aromatic heterocycles. The van der Waals surface area contributed by atoms with Gasteiger partial charge in [0, 0.05) is 13.5 Å². The van der Waals surface area contributed by atoms with E-state index in [0.29, 0.717) is 11.8 Å². The Balaban J connectivity index is 2.21. The van der Waals surface area contributed by atoms with Crippen molar-refractivity contribution >= 4 is 19.4 Å². The van der Waals surface area contributed by atoms with E-state index in [1.54, 1.807) is 0 Å². The lowest BCUT2D eigenvalue weighted by molar-refractivity contribution is 0.186. The minimum Gasteiger partial charge on any atom is -0.441 e. The molecule has 4 nitrogen and oxygen atoms in total. The van der Waals surface area contributed by atoms with E-state index in [2.05, 4.69) is 70.9 Å². The summed E-state index contributed by atoms with van der Waals surface area (Å²) in [5.41, 5.74) is 4.28. The molecule has 1 heterocycles. The van der Waals surface area contributed by atoms with Gasteiger partial charge in [-0.1, -0.05) is 45.4 Å². The fourth-order valence-electron chi connectivity index (χ4n) is 3.28. The minimum atomic E-state index is -1.93. The number of aliphatic hydroxyl groups excluding tert-OH is 1. The van der Waals surface area contributed by atoms with Crippen LogP contribution in [0.2, 0.25) is 18.1 Å². The van der Waals surface area contributed by atoms with Gasteiger partial charge in [0.05, 0.1) is 6.10 Å². The summed E-state index contributed by atoms with van der Waals surface area (Å²) in [6.07, 6.45) is 6.45. The highest BCUT2D eigenvalue weighted by molar-refractivity contribution is 6.74. The van der Waals surface area contributed by atoms with Crippen molar-refractivity contribution in [2.24, 2.45) is 5.92 Å². The predicted molar refractivity (Wildman–Crippen MR) is 128 cm³/mol. The molecular weight excluding hydrogens is 390 g/mol. The lowest BCUT2D eigenvalue weighted by Crippen LogP contribution is -2.41. The number of aliphatic hydroxyl groups is 1. The van der Waals surface area contributed by atoms with Gasteiger partial charge in [-0.2, -0.15) is 0 Å². The Labute approximate surface area is 183 Å². The Morgan fingerprint density at radius 1 is 1.30 bits per heavy atom. The van der Waals surface area contributed by atoms with E-state index in [-0.39, 0.29) is 17.7 Å². The van der Waals surface area contributed by atoms with Gasteiger partial charge in [-0.15, -0.1) is 0 Å². The van der Waals surface area contributed by atoms with Crippen molar-refractivity contribution in [3.05, 3.63) is 41.3 Å². The molecule has 2 aromatic rings. The molecule has 0 unspecified atom stereocenters. The summed E-state index contributed by atoms with van der Waals surface area (Å²) in [6, 6.07) is 6.26. The Hall–Kier alpha value is -1.43. The summed E-state index contributed by atoms with van der Waals surface area (Å²) in [4.78, 5) is 4.52. The third-order valence-corrected chi connectivity index (χ3v) is 10.9. The largest absolute Gasteiger partial charge is 0.441 e. The number of aromatic nitrogens is 1. The minimum absolute atomic E-state index is 0.0126. The van der Waals surface area contributed by atoms with Crippen molar-refractivity contribution in [2.45, 2.75) is 91.5 Å². The topological polar surface area (TPSA) is 55.5 Å². The third-order valence-electron chi connectivity index (χ3n) is 6.39.